The molecule has 7 heteroatoms. The summed E-state index contributed by atoms with van der Waals surface area (Å²) in [5.41, 5.74) is 0. The molecule has 0 aliphatic carbocycles. The lowest BCUT2D eigenvalue weighted by molar-refractivity contribution is 0.155. The lowest BCUT2D eigenvalue weighted by Gasteiger charge is -2.32. The van der Waals surface area contributed by atoms with Crippen molar-refractivity contribution in [1.82, 2.24) is 19.9 Å². The minimum Gasteiger partial charge on any atom is -0.460 e. The minimum absolute atomic E-state index is 0.0506. The first-order chi connectivity index (χ1) is 10.2. The Morgan fingerprint density at radius 3 is 2.57 bits per heavy atom. The van der Waals surface area contributed by atoms with Crippen LogP contribution in [0.4, 0.5) is 10.2 Å². The maximum Gasteiger partial charge on any atom is 0.316 e. The van der Waals surface area contributed by atoms with E-state index in [9.17, 15) is 4.39 Å². The van der Waals surface area contributed by atoms with Crippen molar-refractivity contribution in [2.45, 2.75) is 25.9 Å². The van der Waals surface area contributed by atoms with Crippen LogP contribution in [0, 0.1) is 12.7 Å². The molecule has 6 nitrogen and oxygen atoms in total. The van der Waals surface area contributed by atoms with E-state index in [1.54, 1.807) is 6.20 Å². The van der Waals surface area contributed by atoms with Gasteiger partial charge in [-0.2, -0.15) is 0 Å². The van der Waals surface area contributed by atoms with Gasteiger partial charge in [0.15, 0.2) is 5.82 Å². The number of anilines is 1. The second-order valence-electron chi connectivity index (χ2n) is 4.95. The molecule has 3 rings (SSSR count). The summed E-state index contributed by atoms with van der Waals surface area (Å²) in [5.74, 6) is 1.25. The van der Waals surface area contributed by atoms with Crippen LogP contribution in [0.2, 0.25) is 0 Å². The van der Waals surface area contributed by atoms with Gasteiger partial charge < -0.3 is 9.64 Å². The summed E-state index contributed by atoms with van der Waals surface area (Å²) in [6.07, 6.45) is 5.75. The first kappa shape index (κ1) is 13.7. The van der Waals surface area contributed by atoms with E-state index in [0.29, 0.717) is 0 Å². The largest absolute Gasteiger partial charge is 0.460 e. The van der Waals surface area contributed by atoms with Crippen LogP contribution >= 0.6 is 0 Å². The van der Waals surface area contributed by atoms with Crippen LogP contribution in [-0.2, 0) is 0 Å². The fraction of sp³-hybridized carbons (Fsp3) is 0.429. The van der Waals surface area contributed by atoms with Crippen molar-refractivity contribution < 1.29 is 9.13 Å². The first-order valence-electron chi connectivity index (χ1n) is 6.89. The summed E-state index contributed by atoms with van der Waals surface area (Å²) in [5, 5.41) is 0. The molecule has 0 amide bonds. The summed E-state index contributed by atoms with van der Waals surface area (Å²) in [6, 6.07) is 2.14. The molecule has 0 saturated carbocycles. The quantitative estimate of drug-likeness (QED) is 0.858. The molecule has 0 unspecified atom stereocenters. The number of hydrogen-bond donors (Lipinski definition) is 0. The van der Waals surface area contributed by atoms with E-state index >= 15 is 0 Å². The molecule has 2 aromatic rings. The predicted molar refractivity (Wildman–Crippen MR) is 74.6 cm³/mol. The molecule has 0 atom stereocenters. The molecule has 0 N–H and O–H groups in total. The highest BCUT2D eigenvalue weighted by atomic mass is 19.1. The van der Waals surface area contributed by atoms with Gasteiger partial charge in [0.25, 0.3) is 0 Å². The van der Waals surface area contributed by atoms with E-state index in [1.165, 1.54) is 0 Å². The average molecular weight is 289 g/mol. The van der Waals surface area contributed by atoms with Crippen LogP contribution in [0.25, 0.3) is 0 Å². The number of ether oxygens (including phenoxy) is 1. The number of aryl methyl sites for hydroxylation is 1. The number of nitrogens with zero attached hydrogens (tertiary/aromatic N) is 5. The van der Waals surface area contributed by atoms with Crippen molar-refractivity contribution in [1.29, 1.82) is 0 Å². The van der Waals surface area contributed by atoms with Crippen LogP contribution in [0.3, 0.4) is 0 Å². The van der Waals surface area contributed by atoms with E-state index in [-0.39, 0.29) is 12.1 Å². The molecule has 1 aliphatic heterocycles. The normalized spacial score (nSPS) is 16.0. The lowest BCUT2D eigenvalue weighted by atomic mass is 10.1. The molecule has 3 heterocycles. The van der Waals surface area contributed by atoms with E-state index in [4.69, 9.17) is 4.74 Å². The topological polar surface area (TPSA) is 64.0 Å². The Kier molecular flexibility index (Phi) is 3.89. The number of piperidine rings is 1. The Bertz CT molecular complexity index is 599. The van der Waals surface area contributed by atoms with Crippen LogP contribution < -0.4 is 9.64 Å². The van der Waals surface area contributed by atoms with Crippen molar-refractivity contribution >= 4 is 5.82 Å². The molecular weight excluding hydrogens is 273 g/mol. The van der Waals surface area contributed by atoms with E-state index < -0.39 is 5.82 Å². The highest BCUT2D eigenvalue weighted by molar-refractivity contribution is 5.37. The molecule has 0 aromatic carbocycles. The van der Waals surface area contributed by atoms with Crippen molar-refractivity contribution in [2.24, 2.45) is 0 Å². The standard InChI is InChI=1S/C14H16FN5O/c1-10-16-5-2-13(19-10)20-6-3-12(4-7-20)21-14-17-8-11(15)9-18-14/h2,5,8-9,12H,3-4,6-7H2,1H3. The monoisotopic (exact) mass is 289 g/mol. The number of halogens is 1. The molecule has 0 bridgehead atoms. The smallest absolute Gasteiger partial charge is 0.316 e. The zero-order chi connectivity index (χ0) is 14.7. The Morgan fingerprint density at radius 1 is 1.19 bits per heavy atom. The summed E-state index contributed by atoms with van der Waals surface area (Å²) in [7, 11) is 0. The zero-order valence-corrected chi connectivity index (χ0v) is 11.7. The zero-order valence-electron chi connectivity index (χ0n) is 11.7. The van der Waals surface area contributed by atoms with Gasteiger partial charge in [-0.05, 0) is 13.0 Å². The minimum atomic E-state index is -0.462. The van der Waals surface area contributed by atoms with Gasteiger partial charge >= 0.3 is 6.01 Å². The predicted octanol–water partition coefficient (Wildman–Crippen LogP) is 1.76. The van der Waals surface area contributed by atoms with Crippen LogP contribution in [0.15, 0.2) is 24.7 Å². The van der Waals surface area contributed by atoms with Gasteiger partial charge in [0.05, 0.1) is 12.4 Å². The van der Waals surface area contributed by atoms with Crippen LogP contribution in [0.1, 0.15) is 18.7 Å². The maximum atomic E-state index is 12.7. The maximum absolute atomic E-state index is 12.7. The molecule has 1 aliphatic rings. The molecular formula is C14H16FN5O. The molecule has 2 aromatic heterocycles. The van der Waals surface area contributed by atoms with Crippen LogP contribution in [0.5, 0.6) is 6.01 Å². The summed E-state index contributed by atoms with van der Waals surface area (Å²) >= 11 is 0. The molecule has 0 radical (unpaired) electrons. The third kappa shape index (κ3) is 3.42. The van der Waals surface area contributed by atoms with Gasteiger partial charge in [-0.1, -0.05) is 0 Å². The van der Waals surface area contributed by atoms with Gasteiger partial charge in [-0.3, -0.25) is 0 Å². The SMILES string of the molecule is Cc1nccc(N2CCC(Oc3ncc(F)cn3)CC2)n1. The Hall–Kier alpha value is -2.31. The molecule has 110 valence electrons. The Labute approximate surface area is 122 Å². The van der Waals surface area contributed by atoms with Gasteiger partial charge in [0.2, 0.25) is 0 Å². The van der Waals surface area contributed by atoms with E-state index in [1.807, 2.05) is 13.0 Å². The summed E-state index contributed by atoms with van der Waals surface area (Å²) < 4.78 is 18.4. The van der Waals surface area contributed by atoms with Gasteiger partial charge in [0.1, 0.15) is 17.7 Å². The number of hydrogen-bond acceptors (Lipinski definition) is 6. The molecule has 21 heavy (non-hydrogen) atoms. The van der Waals surface area contributed by atoms with Crippen LogP contribution in [-0.4, -0.2) is 39.1 Å². The fourth-order valence-corrected chi connectivity index (χ4v) is 2.33. The van der Waals surface area contributed by atoms with Crippen molar-refractivity contribution in [3.05, 3.63) is 36.3 Å². The average Bonchev–Trinajstić information content (AvgIpc) is 2.50. The lowest BCUT2D eigenvalue weighted by Crippen LogP contribution is -2.39. The fourth-order valence-electron chi connectivity index (χ4n) is 2.33. The number of rotatable bonds is 3. The Balaban J connectivity index is 1.56. The summed E-state index contributed by atoms with van der Waals surface area (Å²) in [6.45, 7) is 3.58. The van der Waals surface area contributed by atoms with Gasteiger partial charge in [0, 0.05) is 32.1 Å². The van der Waals surface area contributed by atoms with Crippen molar-refractivity contribution in [3.8, 4) is 6.01 Å². The Morgan fingerprint density at radius 2 is 1.90 bits per heavy atom. The molecule has 1 saturated heterocycles. The van der Waals surface area contributed by atoms with Gasteiger partial charge in [-0.15, -0.1) is 0 Å². The first-order valence-corrected chi connectivity index (χ1v) is 6.89. The van der Waals surface area contributed by atoms with E-state index in [2.05, 4.69) is 24.8 Å². The third-order valence-corrected chi connectivity index (χ3v) is 3.40. The van der Waals surface area contributed by atoms with Crippen molar-refractivity contribution in [2.75, 3.05) is 18.0 Å². The second kappa shape index (κ2) is 5.99. The highest BCUT2D eigenvalue weighted by Crippen LogP contribution is 2.20. The second-order valence-corrected chi connectivity index (χ2v) is 4.95. The highest BCUT2D eigenvalue weighted by Gasteiger charge is 2.22. The third-order valence-electron chi connectivity index (χ3n) is 3.40. The molecule has 1 fully saturated rings. The number of aromatic nitrogens is 4. The van der Waals surface area contributed by atoms with Crippen molar-refractivity contribution in [3.63, 3.8) is 0 Å². The molecule has 0 spiro atoms. The van der Waals surface area contributed by atoms with E-state index in [0.717, 1.165) is 50.0 Å². The summed E-state index contributed by atoms with van der Waals surface area (Å²) in [4.78, 5) is 18.4. The van der Waals surface area contributed by atoms with Gasteiger partial charge in [-0.25, -0.2) is 24.3 Å².